The summed E-state index contributed by atoms with van der Waals surface area (Å²) in [7, 11) is 0. The van der Waals surface area contributed by atoms with Gasteiger partial charge in [-0.25, -0.2) is 4.79 Å². The molecule has 0 saturated carbocycles. The number of benzene rings is 2. The average Bonchev–Trinajstić information content (AvgIpc) is 3.38. The van der Waals surface area contributed by atoms with Crippen molar-refractivity contribution in [3.63, 3.8) is 0 Å². The lowest BCUT2D eigenvalue weighted by Gasteiger charge is -2.07. The van der Waals surface area contributed by atoms with Gasteiger partial charge in [0.15, 0.2) is 11.5 Å². The number of esters is 1. The maximum absolute atomic E-state index is 12.9. The molecule has 0 saturated heterocycles. The molecule has 0 spiro atoms. The highest BCUT2D eigenvalue weighted by molar-refractivity contribution is 7.19. The highest BCUT2D eigenvalue weighted by Gasteiger charge is 2.27. The van der Waals surface area contributed by atoms with Crippen molar-refractivity contribution < 1.29 is 28.6 Å². The highest BCUT2D eigenvalue weighted by Crippen LogP contribution is 2.36. The van der Waals surface area contributed by atoms with Crippen LogP contribution in [0.2, 0.25) is 0 Å². The van der Waals surface area contributed by atoms with Gasteiger partial charge >= 0.3 is 5.97 Å². The molecule has 9 heteroatoms. The molecule has 0 radical (unpaired) electrons. The predicted octanol–water partition coefficient (Wildman–Crippen LogP) is 4.47. The number of carbonyl (C=O) groups excluding carboxylic acids is 3. The number of ether oxygens (including phenoxy) is 3. The van der Waals surface area contributed by atoms with E-state index in [2.05, 4.69) is 10.6 Å². The first-order valence-electron chi connectivity index (χ1n) is 9.85. The smallest absolute Gasteiger partial charge is 0.341 e. The number of carbonyl (C=O) groups is 3. The molecule has 1 aliphatic heterocycles. The van der Waals surface area contributed by atoms with Gasteiger partial charge in [-0.15, -0.1) is 11.3 Å². The molecule has 3 aromatic rings. The Morgan fingerprint density at radius 1 is 1.00 bits per heavy atom. The summed E-state index contributed by atoms with van der Waals surface area (Å²) in [6.45, 7) is 3.60. The van der Waals surface area contributed by atoms with Gasteiger partial charge in [0.25, 0.3) is 11.8 Å². The van der Waals surface area contributed by atoms with Crippen LogP contribution >= 0.6 is 11.3 Å². The lowest BCUT2D eigenvalue weighted by Crippen LogP contribution is -2.15. The maximum Gasteiger partial charge on any atom is 0.341 e. The number of para-hydroxylation sites is 1. The van der Waals surface area contributed by atoms with Crippen molar-refractivity contribution in [2.24, 2.45) is 0 Å². The Morgan fingerprint density at radius 2 is 1.75 bits per heavy atom. The van der Waals surface area contributed by atoms with Crippen molar-refractivity contribution in [1.82, 2.24) is 0 Å². The van der Waals surface area contributed by atoms with E-state index in [1.54, 1.807) is 56.3 Å². The van der Waals surface area contributed by atoms with Gasteiger partial charge in [-0.2, -0.15) is 0 Å². The minimum absolute atomic E-state index is 0.0947. The molecule has 1 aliphatic rings. The fourth-order valence-corrected chi connectivity index (χ4v) is 4.27. The molecule has 0 aliphatic carbocycles. The number of anilines is 2. The fraction of sp³-hybridized carbons (Fsp3) is 0.174. The van der Waals surface area contributed by atoms with Crippen molar-refractivity contribution >= 4 is 39.8 Å². The maximum atomic E-state index is 12.9. The molecule has 2 heterocycles. The minimum atomic E-state index is -0.610. The number of fused-ring (bicyclic) bond motifs is 1. The average molecular weight is 452 g/mol. The molecule has 4 rings (SSSR count). The van der Waals surface area contributed by atoms with E-state index in [0.29, 0.717) is 33.2 Å². The molecule has 8 nitrogen and oxygen atoms in total. The summed E-state index contributed by atoms with van der Waals surface area (Å²) in [5, 5.41) is 5.78. The first kappa shape index (κ1) is 21.4. The van der Waals surface area contributed by atoms with E-state index in [4.69, 9.17) is 14.2 Å². The molecule has 32 heavy (non-hydrogen) atoms. The van der Waals surface area contributed by atoms with Gasteiger partial charge in [0, 0.05) is 11.3 Å². The molecule has 164 valence electrons. The summed E-state index contributed by atoms with van der Waals surface area (Å²) in [5.41, 5.74) is 1.53. The summed E-state index contributed by atoms with van der Waals surface area (Å²) < 4.78 is 15.7. The van der Waals surface area contributed by atoms with Crippen molar-refractivity contribution in [1.29, 1.82) is 0 Å². The first-order valence-corrected chi connectivity index (χ1v) is 10.7. The van der Waals surface area contributed by atoms with Gasteiger partial charge < -0.3 is 24.8 Å². The number of amides is 2. The third-order valence-electron chi connectivity index (χ3n) is 4.73. The molecular formula is C23H20N2O6S. The van der Waals surface area contributed by atoms with Gasteiger partial charge in [-0.05, 0) is 49.7 Å². The monoisotopic (exact) mass is 452 g/mol. The number of hydrogen-bond acceptors (Lipinski definition) is 7. The van der Waals surface area contributed by atoms with E-state index >= 15 is 0 Å². The van der Waals surface area contributed by atoms with Crippen molar-refractivity contribution in [3.8, 4) is 11.5 Å². The first-order chi connectivity index (χ1) is 15.5. The largest absolute Gasteiger partial charge is 0.462 e. The van der Waals surface area contributed by atoms with Gasteiger partial charge in [0.05, 0.1) is 17.0 Å². The Labute approximate surface area is 188 Å². The lowest BCUT2D eigenvalue weighted by atomic mass is 10.1. The summed E-state index contributed by atoms with van der Waals surface area (Å²) in [4.78, 5) is 38.7. The van der Waals surface area contributed by atoms with Crippen LogP contribution in [-0.2, 0) is 4.74 Å². The molecule has 0 atom stereocenters. The quantitative estimate of drug-likeness (QED) is 0.535. The summed E-state index contributed by atoms with van der Waals surface area (Å²) >= 11 is 1.02. The topological polar surface area (TPSA) is 103 Å². The van der Waals surface area contributed by atoms with E-state index in [1.165, 1.54) is 0 Å². The second-order valence-electron chi connectivity index (χ2n) is 6.82. The van der Waals surface area contributed by atoms with Gasteiger partial charge in [-0.1, -0.05) is 18.2 Å². The van der Waals surface area contributed by atoms with E-state index < -0.39 is 11.9 Å². The van der Waals surface area contributed by atoms with E-state index in [1.807, 2.05) is 6.07 Å². The second kappa shape index (κ2) is 9.11. The zero-order valence-electron chi connectivity index (χ0n) is 17.4. The molecule has 2 N–H and O–H groups in total. The normalized spacial score (nSPS) is 11.7. The van der Waals surface area contributed by atoms with Crippen molar-refractivity contribution in [3.05, 3.63) is 70.1 Å². The van der Waals surface area contributed by atoms with Crippen molar-refractivity contribution in [2.45, 2.75) is 13.8 Å². The Balaban J connectivity index is 1.64. The van der Waals surface area contributed by atoms with Gasteiger partial charge in [-0.3, -0.25) is 9.59 Å². The predicted molar refractivity (Wildman–Crippen MR) is 120 cm³/mol. The second-order valence-corrected chi connectivity index (χ2v) is 7.84. The number of rotatable bonds is 6. The Morgan fingerprint density at radius 3 is 2.50 bits per heavy atom. The molecule has 0 bridgehead atoms. The number of thiophene rings is 1. The van der Waals surface area contributed by atoms with E-state index in [9.17, 15) is 14.4 Å². The van der Waals surface area contributed by atoms with Crippen LogP contribution in [0.3, 0.4) is 0 Å². The van der Waals surface area contributed by atoms with Crippen LogP contribution in [0.4, 0.5) is 10.7 Å². The van der Waals surface area contributed by atoms with Crippen LogP contribution in [0.25, 0.3) is 0 Å². The van der Waals surface area contributed by atoms with Crippen molar-refractivity contribution in [2.75, 3.05) is 24.0 Å². The molecule has 2 aromatic carbocycles. The van der Waals surface area contributed by atoms with Crippen LogP contribution in [0.5, 0.6) is 11.5 Å². The SMILES string of the molecule is CCOC(=O)c1c(NC(=O)c2ccc3c(c2)OCO3)sc(C(=O)Nc2ccccc2)c1C. The summed E-state index contributed by atoms with van der Waals surface area (Å²) in [6.07, 6.45) is 0. The zero-order valence-corrected chi connectivity index (χ0v) is 18.2. The van der Waals surface area contributed by atoms with Crippen LogP contribution in [-0.4, -0.2) is 31.2 Å². The van der Waals surface area contributed by atoms with Gasteiger partial charge in [0.2, 0.25) is 6.79 Å². The highest BCUT2D eigenvalue weighted by atomic mass is 32.1. The van der Waals surface area contributed by atoms with Crippen LogP contribution in [0.1, 0.15) is 42.9 Å². The Kier molecular flexibility index (Phi) is 6.09. The van der Waals surface area contributed by atoms with Crippen LogP contribution in [0.15, 0.2) is 48.5 Å². The zero-order chi connectivity index (χ0) is 22.7. The van der Waals surface area contributed by atoms with E-state index in [0.717, 1.165) is 11.3 Å². The molecule has 0 fully saturated rings. The van der Waals surface area contributed by atoms with Gasteiger partial charge in [0.1, 0.15) is 5.00 Å². The Bertz CT molecular complexity index is 1190. The molecule has 0 unspecified atom stereocenters. The molecule has 1 aromatic heterocycles. The fourth-order valence-electron chi connectivity index (χ4n) is 3.19. The third kappa shape index (κ3) is 4.28. The number of hydrogen-bond donors (Lipinski definition) is 2. The summed E-state index contributed by atoms with van der Waals surface area (Å²) in [6, 6.07) is 13.8. The third-order valence-corrected chi connectivity index (χ3v) is 5.93. The van der Waals surface area contributed by atoms with Crippen LogP contribution < -0.4 is 20.1 Å². The molecular weight excluding hydrogens is 432 g/mol. The minimum Gasteiger partial charge on any atom is -0.462 e. The standard InChI is InChI=1S/C23H20N2O6S/c1-3-29-23(28)18-13(2)19(21(27)24-15-7-5-4-6-8-15)32-22(18)25-20(26)14-9-10-16-17(11-14)31-12-30-16/h4-11H,3,12H2,1-2H3,(H,24,27)(H,25,26). The molecule has 2 amide bonds. The van der Waals surface area contributed by atoms with Crippen LogP contribution in [0, 0.1) is 6.92 Å². The number of nitrogens with one attached hydrogen (secondary N) is 2. The Hall–Kier alpha value is -3.85. The lowest BCUT2D eigenvalue weighted by molar-refractivity contribution is 0.0527. The van der Waals surface area contributed by atoms with E-state index in [-0.39, 0.29) is 29.9 Å². The summed E-state index contributed by atoms with van der Waals surface area (Å²) in [5.74, 6) is -0.423.